The fraction of sp³-hybridized carbons (Fsp3) is 0.667. The summed E-state index contributed by atoms with van der Waals surface area (Å²) >= 11 is 0. The number of carbonyl (C=O) groups excluding carboxylic acids is 1. The summed E-state index contributed by atoms with van der Waals surface area (Å²) in [6, 6.07) is 0. The number of rotatable bonds is 3. The van der Waals surface area contributed by atoms with E-state index in [2.05, 4.69) is 33.9 Å². The Bertz CT molecular complexity index is 762. The first-order valence-electron chi connectivity index (χ1n) is 8.52. The van der Waals surface area contributed by atoms with E-state index < -0.39 is 19.8 Å². The Hall–Kier alpha value is -1.34. The number of Topliss-reactive ketones (excluding diaryl/α,β-unsaturated/α-hetero) is 1. The molecule has 1 aromatic heterocycles. The van der Waals surface area contributed by atoms with E-state index in [0.717, 1.165) is 0 Å². The lowest BCUT2D eigenvalue weighted by Gasteiger charge is -2.46. The number of carbonyl (C=O) groups is 1. The maximum atomic E-state index is 12.8. The minimum absolute atomic E-state index is 0.0320. The highest BCUT2D eigenvalue weighted by Gasteiger charge is 2.50. The Morgan fingerprint density at radius 1 is 1.28 bits per heavy atom. The molecule has 1 aromatic rings. The lowest BCUT2D eigenvalue weighted by molar-refractivity contribution is -0.136. The van der Waals surface area contributed by atoms with Crippen molar-refractivity contribution in [1.82, 2.24) is 4.57 Å². The van der Waals surface area contributed by atoms with Crippen LogP contribution in [0.15, 0.2) is 11.0 Å². The van der Waals surface area contributed by atoms with Crippen molar-refractivity contribution in [2.45, 2.75) is 65.4 Å². The van der Waals surface area contributed by atoms with Crippen LogP contribution in [0.3, 0.4) is 0 Å². The summed E-state index contributed by atoms with van der Waals surface area (Å²) in [5.41, 5.74) is -0.441. The molecule has 25 heavy (non-hydrogen) atoms. The van der Waals surface area contributed by atoms with Crippen molar-refractivity contribution in [3.63, 3.8) is 0 Å². The molecule has 7 heteroatoms. The quantitative estimate of drug-likeness (QED) is 0.776. The van der Waals surface area contributed by atoms with Gasteiger partial charge in [-0.25, -0.2) is 0 Å². The minimum atomic E-state index is -2.20. The number of nitrogens with zero attached hydrogens (tertiary/aromatic N) is 1. The number of methoxy groups -OCH3 is 1. The predicted molar refractivity (Wildman–Crippen MR) is 102 cm³/mol. The van der Waals surface area contributed by atoms with Gasteiger partial charge in [-0.1, -0.05) is 20.8 Å². The molecule has 1 unspecified atom stereocenters. The Morgan fingerprint density at radius 3 is 2.32 bits per heavy atom. The topological polar surface area (TPSA) is 57.5 Å². The molecule has 2 rings (SSSR count). The Morgan fingerprint density at radius 2 is 1.84 bits per heavy atom. The monoisotopic (exact) mass is 361 g/mol. The summed E-state index contributed by atoms with van der Waals surface area (Å²) in [5.74, 6) is 0.220. The summed E-state index contributed by atoms with van der Waals surface area (Å²) < 4.78 is 13.7. The first kappa shape index (κ1) is 20.0. The van der Waals surface area contributed by atoms with Crippen molar-refractivity contribution in [3.8, 4) is 5.75 Å². The number of ether oxygens (including phenoxy) is 1. The van der Waals surface area contributed by atoms with Gasteiger partial charge < -0.3 is 13.7 Å². The van der Waals surface area contributed by atoms with Gasteiger partial charge in [0.2, 0.25) is 5.43 Å². The van der Waals surface area contributed by atoms with Gasteiger partial charge in [-0.05, 0) is 37.4 Å². The van der Waals surface area contributed by atoms with Crippen molar-refractivity contribution in [2.24, 2.45) is 5.41 Å². The number of aromatic nitrogens is 1. The lowest BCUT2D eigenvalue weighted by atomic mass is 9.77. The summed E-state index contributed by atoms with van der Waals surface area (Å²) in [6.07, 6.45) is 0.966. The van der Waals surface area contributed by atoms with Crippen LogP contribution < -0.4 is 15.6 Å². The molecule has 1 atom stereocenters. The van der Waals surface area contributed by atoms with Crippen molar-refractivity contribution in [2.75, 3.05) is 7.11 Å². The van der Waals surface area contributed by atoms with E-state index in [1.807, 2.05) is 13.8 Å². The molecule has 0 amide bonds. The fourth-order valence-electron chi connectivity index (χ4n) is 2.79. The third-order valence-electron chi connectivity index (χ3n) is 5.66. The maximum absolute atomic E-state index is 12.8. The van der Waals surface area contributed by atoms with Crippen molar-refractivity contribution in [3.05, 3.63) is 22.1 Å². The maximum Gasteiger partial charge on any atom is 0.216 e. The number of hydrogen-bond donors (Lipinski definition) is 0. The highest BCUT2D eigenvalue weighted by molar-refractivity contribution is 6.74. The summed E-state index contributed by atoms with van der Waals surface area (Å²) in [4.78, 5) is 25.3. The van der Waals surface area contributed by atoms with Gasteiger partial charge in [0.1, 0.15) is 14.0 Å². The predicted octanol–water partition coefficient (Wildman–Crippen LogP) is 2.32. The molecule has 0 bridgehead atoms. The average molecular weight is 361 g/mol. The largest absolute Gasteiger partial charge is 0.491 e. The summed E-state index contributed by atoms with van der Waals surface area (Å²) in [5, 5.41) is -0.0320. The van der Waals surface area contributed by atoms with Gasteiger partial charge in [-0.3, -0.25) is 9.59 Å². The van der Waals surface area contributed by atoms with Crippen LogP contribution in [0.1, 0.15) is 46.4 Å². The van der Waals surface area contributed by atoms with E-state index >= 15 is 0 Å². The summed E-state index contributed by atoms with van der Waals surface area (Å²) in [7, 11) is 5.07. The van der Waals surface area contributed by atoms with E-state index in [-0.39, 0.29) is 34.0 Å². The third kappa shape index (κ3) is 3.24. The fourth-order valence-corrected chi connectivity index (χ4v) is 4.14. The van der Waals surface area contributed by atoms with Crippen LogP contribution in [0.4, 0.5) is 0 Å². The smallest absolute Gasteiger partial charge is 0.216 e. The molecule has 0 spiro atoms. The molecule has 0 N–H and O–H groups in total. The number of pyridine rings is 1. The van der Waals surface area contributed by atoms with Crippen molar-refractivity contribution in [1.29, 1.82) is 0 Å². The second-order valence-corrected chi connectivity index (χ2v) is 13.6. The van der Waals surface area contributed by atoms with Gasteiger partial charge in [0.05, 0.1) is 24.8 Å². The van der Waals surface area contributed by atoms with E-state index in [1.165, 1.54) is 13.3 Å². The van der Waals surface area contributed by atoms with Crippen LogP contribution in [0.25, 0.3) is 0 Å². The molecule has 0 aliphatic carbocycles. The molecule has 0 saturated carbocycles. The molecular formula is C18H28BNO4Si. The number of ketones is 1. The first-order valence-corrected chi connectivity index (χ1v) is 11.4. The van der Waals surface area contributed by atoms with Crippen LogP contribution in [-0.2, 0) is 15.8 Å². The lowest BCUT2D eigenvalue weighted by Crippen LogP contribution is -2.50. The number of hydrogen-bond acceptors (Lipinski definition) is 4. The highest BCUT2D eigenvalue weighted by Crippen LogP contribution is 2.48. The van der Waals surface area contributed by atoms with E-state index in [1.54, 1.807) is 4.57 Å². The third-order valence-corrected chi connectivity index (χ3v) is 10.1. The molecule has 0 aromatic carbocycles. The van der Waals surface area contributed by atoms with Gasteiger partial charge >= 0.3 is 0 Å². The summed E-state index contributed by atoms with van der Waals surface area (Å²) in [6.45, 7) is 14.6. The minimum Gasteiger partial charge on any atom is -0.491 e. The molecule has 5 nitrogen and oxygen atoms in total. The molecule has 2 heterocycles. The zero-order valence-electron chi connectivity index (χ0n) is 16.5. The molecule has 136 valence electrons. The zero-order chi connectivity index (χ0) is 19.4. The van der Waals surface area contributed by atoms with Crippen LogP contribution in [0, 0.1) is 5.41 Å². The van der Waals surface area contributed by atoms with E-state index in [4.69, 9.17) is 17.0 Å². The van der Waals surface area contributed by atoms with Crippen LogP contribution in [-0.4, -0.2) is 33.6 Å². The first-order chi connectivity index (χ1) is 11.2. The molecule has 0 saturated heterocycles. The van der Waals surface area contributed by atoms with Gasteiger partial charge in [-0.15, -0.1) is 0 Å². The van der Waals surface area contributed by atoms with Gasteiger partial charge in [0, 0.05) is 6.20 Å². The zero-order valence-corrected chi connectivity index (χ0v) is 17.5. The Kier molecular flexibility index (Phi) is 4.90. The van der Waals surface area contributed by atoms with Crippen LogP contribution in [0.5, 0.6) is 5.75 Å². The Balaban J connectivity index is 2.73. The van der Waals surface area contributed by atoms with Crippen molar-refractivity contribution >= 4 is 27.4 Å². The molecular weight excluding hydrogens is 333 g/mol. The molecule has 0 fully saturated rings. The highest BCUT2D eigenvalue weighted by atomic mass is 28.4. The van der Waals surface area contributed by atoms with Gasteiger partial charge in [0.15, 0.2) is 19.9 Å². The van der Waals surface area contributed by atoms with Gasteiger partial charge in [-0.2, -0.15) is 0 Å². The van der Waals surface area contributed by atoms with Crippen molar-refractivity contribution < 1.29 is 14.0 Å². The normalized spacial score (nSPS) is 20.3. The number of fused-ring (bicyclic) bond motifs is 1. The Labute approximate surface area is 152 Å². The van der Waals surface area contributed by atoms with E-state index in [9.17, 15) is 9.59 Å². The second-order valence-electron chi connectivity index (χ2n) is 8.86. The standard InChI is InChI=1S/C18H28BNO4Si/c1-17(2,3)25(7,8)24-16-13-15(23-6)14(22)11(19)9-20(13)10-12(21)18(16,4)5/h9,16H,10H2,1-8H3. The van der Waals surface area contributed by atoms with Crippen LogP contribution in [0.2, 0.25) is 18.1 Å². The van der Waals surface area contributed by atoms with Crippen LogP contribution >= 0.6 is 0 Å². The molecule has 1 aliphatic heterocycles. The SMILES string of the molecule is [B]c1cn2c(c(OC)c1=O)C(O[Si](C)(C)C(C)(C)C)C(C)(C)C(=O)C2. The molecule has 2 radical (unpaired) electrons. The average Bonchev–Trinajstić information content (AvgIpc) is 2.45. The molecule has 1 aliphatic rings. The van der Waals surface area contributed by atoms with Gasteiger partial charge in [0.25, 0.3) is 0 Å². The van der Waals surface area contributed by atoms with E-state index in [0.29, 0.717) is 5.69 Å². The second kappa shape index (κ2) is 6.13.